The number of aromatic hydroxyl groups is 1. The fourth-order valence-corrected chi connectivity index (χ4v) is 3.09. The Labute approximate surface area is 168 Å². The maximum Gasteiger partial charge on any atom is 0.416 e. The maximum atomic E-state index is 14.2. The van der Waals surface area contributed by atoms with Crippen molar-refractivity contribution in [3.05, 3.63) is 71.5 Å². The molecule has 0 aliphatic heterocycles. The molecular weight excluding hydrogens is 404 g/mol. The van der Waals surface area contributed by atoms with Gasteiger partial charge in [0.1, 0.15) is 5.75 Å². The van der Waals surface area contributed by atoms with Crippen LogP contribution in [0.4, 0.5) is 17.6 Å². The zero-order chi connectivity index (χ0) is 22.1. The molecule has 9 heteroatoms. The third kappa shape index (κ3) is 4.00. The van der Waals surface area contributed by atoms with Crippen LogP contribution in [0, 0.1) is 5.82 Å². The summed E-state index contributed by atoms with van der Waals surface area (Å²) in [4.78, 5) is 0. The fraction of sp³-hybridized carbons (Fsp3) is 0.0952. The summed E-state index contributed by atoms with van der Waals surface area (Å²) in [5.74, 6) is -1.49. The predicted molar refractivity (Wildman–Crippen MR) is 103 cm³/mol. The van der Waals surface area contributed by atoms with Crippen LogP contribution in [-0.4, -0.2) is 23.3 Å². The molecule has 0 radical (unpaired) electrons. The van der Waals surface area contributed by atoms with Gasteiger partial charge in [0.25, 0.3) is 0 Å². The van der Waals surface area contributed by atoms with Gasteiger partial charge in [0, 0.05) is 11.1 Å². The number of hydrogen-bond acceptors (Lipinski definition) is 4. The van der Waals surface area contributed by atoms with Gasteiger partial charge in [0.05, 0.1) is 12.7 Å². The molecule has 3 aromatic rings. The number of phenols is 1. The minimum atomic E-state index is -4.70. The molecule has 0 aliphatic rings. The summed E-state index contributed by atoms with van der Waals surface area (Å²) < 4.78 is 59.6. The molecule has 0 fully saturated rings. The molecule has 0 bridgehead atoms. The second-order valence-corrected chi connectivity index (χ2v) is 6.33. The van der Waals surface area contributed by atoms with Gasteiger partial charge >= 0.3 is 6.18 Å². The van der Waals surface area contributed by atoms with Crippen LogP contribution in [0.3, 0.4) is 0 Å². The lowest BCUT2D eigenvalue weighted by atomic mass is 9.91. The number of oxime groups is 1. The van der Waals surface area contributed by atoms with E-state index in [2.05, 4.69) is 5.16 Å². The molecule has 0 saturated carbocycles. The molecule has 3 aromatic carbocycles. The molecule has 0 saturated heterocycles. The standard InChI is InChI=1S/C21H16F4N2O3/c1-30-19-16(3-2-4-18(19)22)17-10-14(28)5-6-15(17)11-7-12(20(26)27-29)9-13(8-11)21(23,24)25/h2-10,28-29H,1H3,(H2,26,27). The van der Waals surface area contributed by atoms with Gasteiger partial charge < -0.3 is 20.8 Å². The van der Waals surface area contributed by atoms with E-state index >= 15 is 0 Å². The minimum absolute atomic E-state index is 0.0627. The van der Waals surface area contributed by atoms with E-state index in [1.165, 1.54) is 49.6 Å². The number of rotatable bonds is 4. The average Bonchev–Trinajstić information content (AvgIpc) is 2.71. The molecule has 0 aromatic heterocycles. The summed E-state index contributed by atoms with van der Waals surface area (Å²) in [5, 5.41) is 21.6. The highest BCUT2D eigenvalue weighted by molar-refractivity contribution is 5.99. The SMILES string of the molecule is COc1c(F)cccc1-c1cc(O)ccc1-c1cc(C(N)=NO)cc(C(F)(F)F)c1. The van der Waals surface area contributed by atoms with E-state index in [-0.39, 0.29) is 39.3 Å². The molecule has 0 aliphatic carbocycles. The van der Waals surface area contributed by atoms with Crippen LogP contribution in [0.5, 0.6) is 11.5 Å². The van der Waals surface area contributed by atoms with Crippen LogP contribution in [0.2, 0.25) is 0 Å². The van der Waals surface area contributed by atoms with E-state index < -0.39 is 23.4 Å². The van der Waals surface area contributed by atoms with Gasteiger partial charge in [-0.2, -0.15) is 13.2 Å². The molecular formula is C21H16F4N2O3. The first-order valence-electron chi connectivity index (χ1n) is 8.52. The first kappa shape index (κ1) is 21.0. The topological polar surface area (TPSA) is 88.1 Å². The van der Waals surface area contributed by atoms with Crippen LogP contribution in [0.15, 0.2) is 59.8 Å². The highest BCUT2D eigenvalue weighted by Crippen LogP contribution is 2.42. The van der Waals surface area contributed by atoms with Gasteiger partial charge in [-0.15, -0.1) is 0 Å². The van der Waals surface area contributed by atoms with Crippen molar-refractivity contribution in [3.8, 4) is 33.8 Å². The summed E-state index contributed by atoms with van der Waals surface area (Å²) in [6, 6.07) is 11.0. The summed E-state index contributed by atoms with van der Waals surface area (Å²) in [6.07, 6.45) is -4.70. The molecule has 30 heavy (non-hydrogen) atoms. The van der Waals surface area contributed by atoms with E-state index in [0.717, 1.165) is 12.1 Å². The molecule has 0 amide bonds. The van der Waals surface area contributed by atoms with Crippen LogP contribution in [0.1, 0.15) is 11.1 Å². The Bertz CT molecular complexity index is 1130. The van der Waals surface area contributed by atoms with Crippen molar-refractivity contribution in [1.29, 1.82) is 0 Å². The number of ether oxygens (including phenoxy) is 1. The smallest absolute Gasteiger partial charge is 0.416 e. The lowest BCUT2D eigenvalue weighted by Gasteiger charge is -2.17. The predicted octanol–water partition coefficient (Wildman–Crippen LogP) is 4.99. The van der Waals surface area contributed by atoms with Crippen LogP contribution in [-0.2, 0) is 6.18 Å². The van der Waals surface area contributed by atoms with Crippen molar-refractivity contribution in [2.45, 2.75) is 6.18 Å². The van der Waals surface area contributed by atoms with Crippen molar-refractivity contribution < 1.29 is 32.6 Å². The molecule has 0 spiro atoms. The van der Waals surface area contributed by atoms with Crippen LogP contribution < -0.4 is 10.5 Å². The third-order valence-electron chi connectivity index (χ3n) is 4.44. The third-order valence-corrected chi connectivity index (χ3v) is 4.44. The number of halogens is 4. The maximum absolute atomic E-state index is 14.2. The molecule has 0 atom stereocenters. The van der Waals surface area contributed by atoms with Gasteiger partial charge in [0.15, 0.2) is 17.4 Å². The highest BCUT2D eigenvalue weighted by atomic mass is 19.4. The number of nitrogens with two attached hydrogens (primary N) is 1. The van der Waals surface area contributed by atoms with Gasteiger partial charge in [-0.25, -0.2) is 4.39 Å². The Balaban J connectivity index is 2.34. The fourth-order valence-electron chi connectivity index (χ4n) is 3.09. The van der Waals surface area contributed by atoms with E-state index in [1.54, 1.807) is 0 Å². The van der Waals surface area contributed by atoms with E-state index in [9.17, 15) is 22.7 Å². The molecule has 4 N–H and O–H groups in total. The van der Waals surface area contributed by atoms with E-state index in [4.69, 9.17) is 15.7 Å². The average molecular weight is 420 g/mol. The van der Waals surface area contributed by atoms with Gasteiger partial charge in [-0.3, -0.25) is 0 Å². The summed E-state index contributed by atoms with van der Waals surface area (Å²) >= 11 is 0. The van der Waals surface area contributed by atoms with Crippen molar-refractivity contribution in [2.75, 3.05) is 7.11 Å². The Hall–Kier alpha value is -3.75. The van der Waals surface area contributed by atoms with Crippen molar-refractivity contribution in [1.82, 2.24) is 0 Å². The number of nitrogens with zero attached hydrogens (tertiary/aromatic N) is 1. The van der Waals surface area contributed by atoms with E-state index in [1.807, 2.05) is 0 Å². The quantitative estimate of drug-likeness (QED) is 0.183. The Morgan fingerprint density at radius 1 is 1.00 bits per heavy atom. The number of hydrogen-bond donors (Lipinski definition) is 3. The summed E-state index contributed by atoms with van der Waals surface area (Å²) in [7, 11) is 1.26. The minimum Gasteiger partial charge on any atom is -0.508 e. The first-order chi connectivity index (χ1) is 14.2. The number of methoxy groups -OCH3 is 1. The van der Waals surface area contributed by atoms with Crippen molar-refractivity contribution >= 4 is 5.84 Å². The molecule has 0 unspecified atom stereocenters. The Morgan fingerprint density at radius 2 is 1.73 bits per heavy atom. The first-order valence-corrected chi connectivity index (χ1v) is 8.52. The zero-order valence-corrected chi connectivity index (χ0v) is 15.5. The number of benzene rings is 3. The number of phenolic OH excluding ortho intramolecular Hbond substituents is 1. The molecule has 5 nitrogen and oxygen atoms in total. The molecule has 0 heterocycles. The number of para-hydroxylation sites is 1. The monoisotopic (exact) mass is 420 g/mol. The van der Waals surface area contributed by atoms with Crippen LogP contribution >= 0.6 is 0 Å². The number of amidine groups is 1. The lowest BCUT2D eigenvalue weighted by Crippen LogP contribution is -2.15. The largest absolute Gasteiger partial charge is 0.508 e. The van der Waals surface area contributed by atoms with Crippen LogP contribution in [0.25, 0.3) is 22.3 Å². The molecule has 156 valence electrons. The van der Waals surface area contributed by atoms with E-state index in [0.29, 0.717) is 0 Å². The molecule has 3 rings (SSSR count). The summed E-state index contributed by atoms with van der Waals surface area (Å²) in [6.45, 7) is 0. The zero-order valence-electron chi connectivity index (χ0n) is 15.5. The number of alkyl halides is 3. The van der Waals surface area contributed by atoms with Gasteiger partial charge in [0.2, 0.25) is 0 Å². The lowest BCUT2D eigenvalue weighted by molar-refractivity contribution is -0.137. The Kier molecular flexibility index (Phi) is 5.55. The second-order valence-electron chi connectivity index (χ2n) is 6.33. The normalized spacial score (nSPS) is 12.1. The van der Waals surface area contributed by atoms with Gasteiger partial charge in [-0.1, -0.05) is 23.4 Å². The summed E-state index contributed by atoms with van der Waals surface area (Å²) in [5.41, 5.74) is 5.10. The van der Waals surface area contributed by atoms with Gasteiger partial charge in [-0.05, 0) is 53.1 Å². The Morgan fingerprint density at radius 3 is 2.37 bits per heavy atom. The second kappa shape index (κ2) is 7.94. The van der Waals surface area contributed by atoms with Crippen molar-refractivity contribution in [2.24, 2.45) is 10.9 Å². The highest BCUT2D eigenvalue weighted by Gasteiger charge is 2.32. The van der Waals surface area contributed by atoms with Crippen molar-refractivity contribution in [3.63, 3.8) is 0 Å².